The van der Waals surface area contributed by atoms with Crippen molar-refractivity contribution in [2.75, 3.05) is 6.54 Å². The molecule has 0 bridgehead atoms. The van der Waals surface area contributed by atoms with E-state index >= 15 is 0 Å². The quantitative estimate of drug-likeness (QED) is 0.0941. The highest BCUT2D eigenvalue weighted by Gasteiger charge is 2.38. The summed E-state index contributed by atoms with van der Waals surface area (Å²) in [6.07, 6.45) is -2.98. The molecule has 0 spiro atoms. The molecule has 3 rings (SSSR count). The fourth-order valence-corrected chi connectivity index (χ4v) is 4.00. The van der Waals surface area contributed by atoms with Crippen molar-refractivity contribution in [3.8, 4) is 0 Å². The lowest BCUT2D eigenvalue weighted by atomic mass is 10.1. The van der Waals surface area contributed by atoms with Gasteiger partial charge in [0.1, 0.15) is 25.9 Å². The summed E-state index contributed by atoms with van der Waals surface area (Å²) < 4.78 is 15.9. The summed E-state index contributed by atoms with van der Waals surface area (Å²) in [5.41, 5.74) is 16.6. The number of guanidine groups is 1. The molecule has 13 heteroatoms. The molecule has 3 amide bonds. The molecule has 44 heavy (non-hydrogen) atoms. The highest BCUT2D eigenvalue weighted by Crippen LogP contribution is 2.16. The van der Waals surface area contributed by atoms with Crippen molar-refractivity contribution in [3.05, 3.63) is 113 Å². The summed E-state index contributed by atoms with van der Waals surface area (Å²) >= 11 is 0. The van der Waals surface area contributed by atoms with Crippen LogP contribution < -0.4 is 5.73 Å². The number of hydrogen-bond donors (Lipinski definition) is 2. The second kappa shape index (κ2) is 17.2. The van der Waals surface area contributed by atoms with Crippen LogP contribution in [0, 0.1) is 5.41 Å². The molecular formula is C31H32N6O7. The fourth-order valence-electron chi connectivity index (χ4n) is 4.00. The van der Waals surface area contributed by atoms with Crippen molar-refractivity contribution >= 4 is 36.2 Å². The Kier molecular flexibility index (Phi) is 12.8. The number of nitrogens with one attached hydrogen (secondary N) is 1. The second-order valence-corrected chi connectivity index (χ2v) is 9.33. The van der Waals surface area contributed by atoms with E-state index in [1.807, 2.05) is 6.07 Å². The Morgan fingerprint density at radius 1 is 0.750 bits per heavy atom. The van der Waals surface area contributed by atoms with Crippen molar-refractivity contribution in [2.45, 2.75) is 38.7 Å². The van der Waals surface area contributed by atoms with Gasteiger partial charge in [-0.25, -0.2) is 24.2 Å². The number of carbonyl (C=O) groups excluding carboxylic acids is 4. The largest absolute Gasteiger partial charge is 0.444 e. The molecule has 228 valence electrons. The Hall–Kier alpha value is -5.81. The van der Waals surface area contributed by atoms with Gasteiger partial charge in [0.25, 0.3) is 5.78 Å². The fraction of sp³-hybridized carbons (Fsp3) is 0.226. The van der Waals surface area contributed by atoms with Gasteiger partial charge in [-0.15, -0.1) is 0 Å². The average molecular weight is 601 g/mol. The molecule has 3 N–H and O–H groups in total. The molecule has 0 radical (unpaired) electrons. The van der Waals surface area contributed by atoms with E-state index in [0.29, 0.717) is 22.2 Å². The van der Waals surface area contributed by atoms with Crippen molar-refractivity contribution in [1.29, 1.82) is 5.41 Å². The van der Waals surface area contributed by atoms with Crippen LogP contribution >= 0.6 is 0 Å². The normalized spacial score (nSPS) is 10.8. The average Bonchev–Trinajstić information content (AvgIpc) is 3.04. The Bertz CT molecular complexity index is 1410. The van der Waals surface area contributed by atoms with Crippen LogP contribution in [0.4, 0.5) is 14.4 Å². The lowest BCUT2D eigenvalue weighted by Crippen LogP contribution is -2.50. The number of benzene rings is 3. The third kappa shape index (κ3) is 10.2. The number of carbonyl (C=O) groups is 4. The van der Waals surface area contributed by atoms with Gasteiger partial charge in [-0.3, -0.25) is 10.2 Å². The summed E-state index contributed by atoms with van der Waals surface area (Å²) in [6, 6.07) is 24.7. The third-order valence-corrected chi connectivity index (χ3v) is 6.20. The minimum Gasteiger partial charge on any atom is -0.444 e. The number of ketones is 1. The molecule has 0 aliphatic heterocycles. The highest BCUT2D eigenvalue weighted by atomic mass is 16.6. The first kappa shape index (κ1) is 32.7. The van der Waals surface area contributed by atoms with E-state index in [-0.39, 0.29) is 39.2 Å². The van der Waals surface area contributed by atoms with Crippen LogP contribution in [0.25, 0.3) is 5.53 Å². The van der Waals surface area contributed by atoms with Crippen LogP contribution in [0.15, 0.2) is 91.0 Å². The Balaban J connectivity index is 1.76. The zero-order chi connectivity index (χ0) is 31.7. The van der Waals surface area contributed by atoms with Crippen LogP contribution in [0.5, 0.6) is 0 Å². The van der Waals surface area contributed by atoms with Crippen molar-refractivity contribution < 1.29 is 38.2 Å². The van der Waals surface area contributed by atoms with E-state index in [9.17, 15) is 19.2 Å². The van der Waals surface area contributed by atoms with E-state index in [2.05, 4.69) is 4.79 Å². The number of hydrogen-bond acceptors (Lipinski definition) is 8. The molecule has 3 aromatic rings. The molecule has 0 heterocycles. The van der Waals surface area contributed by atoms with E-state index < -0.39 is 36.1 Å². The van der Waals surface area contributed by atoms with Crippen LogP contribution in [-0.4, -0.2) is 63.4 Å². The standard InChI is InChI=1S/C31H32N6O7/c32-28(33)36(29(39)42-20-23-11-4-1-5-12-23)18-10-17-26(27(38)19-35-34)37(30(40)43-21-24-13-6-2-7-14-24)31(41)44-22-25-15-8-3-9-16-25/h1-9,11-16,19,26H,10,17-18,20-22H2,(H3,32,33)/t26-/m0/s1. The maximum Gasteiger partial charge on any atom is 0.420 e. The van der Waals surface area contributed by atoms with Gasteiger partial charge in [0.2, 0.25) is 0 Å². The van der Waals surface area contributed by atoms with Crippen molar-refractivity contribution in [1.82, 2.24) is 9.80 Å². The number of imide groups is 1. The highest BCUT2D eigenvalue weighted by molar-refractivity contribution is 6.28. The molecule has 13 nitrogen and oxygen atoms in total. The number of nitrogens with zero attached hydrogens (tertiary/aromatic N) is 4. The number of amides is 3. The van der Waals surface area contributed by atoms with Gasteiger partial charge in [0, 0.05) is 6.54 Å². The number of Topliss-reactive ketones (excluding diaryl/α,β-unsaturated/α-hetero) is 1. The molecule has 0 saturated carbocycles. The van der Waals surface area contributed by atoms with Crippen molar-refractivity contribution in [2.24, 2.45) is 5.73 Å². The smallest absolute Gasteiger partial charge is 0.420 e. The van der Waals surface area contributed by atoms with Crippen molar-refractivity contribution in [3.63, 3.8) is 0 Å². The number of nitrogens with two attached hydrogens (primary N) is 1. The van der Waals surface area contributed by atoms with E-state index in [1.165, 1.54) is 0 Å². The van der Waals surface area contributed by atoms with Gasteiger partial charge < -0.3 is 25.5 Å². The van der Waals surface area contributed by atoms with Gasteiger partial charge >= 0.3 is 24.5 Å². The molecule has 0 saturated heterocycles. The monoisotopic (exact) mass is 600 g/mol. The topological polar surface area (TPSA) is 189 Å². The lowest BCUT2D eigenvalue weighted by molar-refractivity contribution is -0.120. The van der Waals surface area contributed by atoms with Crippen LogP contribution in [-0.2, 0) is 38.8 Å². The number of ether oxygens (including phenoxy) is 3. The van der Waals surface area contributed by atoms with Gasteiger partial charge in [0.15, 0.2) is 5.96 Å². The Morgan fingerprint density at radius 3 is 1.55 bits per heavy atom. The van der Waals surface area contributed by atoms with Gasteiger partial charge in [-0.2, -0.15) is 4.79 Å². The van der Waals surface area contributed by atoms with Crippen LogP contribution in [0.2, 0.25) is 0 Å². The summed E-state index contributed by atoms with van der Waals surface area (Å²) in [5, 5.41) is 7.82. The maximum absolute atomic E-state index is 13.3. The first-order valence-electron chi connectivity index (χ1n) is 13.5. The summed E-state index contributed by atoms with van der Waals surface area (Å²) in [4.78, 5) is 56.3. The maximum atomic E-state index is 13.3. The first-order chi connectivity index (χ1) is 21.3. The van der Waals surface area contributed by atoms with E-state index in [0.717, 1.165) is 10.5 Å². The van der Waals surface area contributed by atoms with Gasteiger partial charge in [-0.05, 0) is 29.5 Å². The molecule has 0 unspecified atom stereocenters. The van der Waals surface area contributed by atoms with Crippen LogP contribution in [0.3, 0.4) is 0 Å². The van der Waals surface area contributed by atoms with Gasteiger partial charge in [0.05, 0.1) is 0 Å². The van der Waals surface area contributed by atoms with E-state index in [4.69, 9.17) is 30.9 Å². The second-order valence-electron chi connectivity index (χ2n) is 9.33. The van der Waals surface area contributed by atoms with Gasteiger partial charge in [-0.1, -0.05) is 91.0 Å². The first-order valence-corrected chi connectivity index (χ1v) is 13.5. The minimum absolute atomic E-state index is 0.0376. The Labute approximate surface area is 253 Å². The minimum atomic E-state index is -1.55. The summed E-state index contributed by atoms with van der Waals surface area (Å²) in [5.74, 6) is -1.52. The molecule has 1 atom stereocenters. The predicted molar refractivity (Wildman–Crippen MR) is 158 cm³/mol. The molecule has 0 aromatic heterocycles. The molecule has 3 aromatic carbocycles. The molecule has 0 aliphatic rings. The zero-order valence-corrected chi connectivity index (χ0v) is 23.8. The zero-order valence-electron chi connectivity index (χ0n) is 23.8. The summed E-state index contributed by atoms with van der Waals surface area (Å²) in [7, 11) is 0. The predicted octanol–water partition coefficient (Wildman–Crippen LogP) is 4.51. The molecule has 0 aliphatic carbocycles. The summed E-state index contributed by atoms with van der Waals surface area (Å²) in [6.45, 7) is -0.675. The lowest BCUT2D eigenvalue weighted by Gasteiger charge is -2.27. The molecule has 0 fully saturated rings. The Morgan fingerprint density at radius 2 is 1.16 bits per heavy atom. The van der Waals surface area contributed by atoms with E-state index in [1.54, 1.807) is 84.9 Å². The SMILES string of the molecule is [N-]=[N+]=CC(=O)[C@H](CCCN(C(=N)N)C(=O)OCc1ccccc1)N(C(=O)OCc1ccccc1)C(=O)OCc1ccccc1. The third-order valence-electron chi connectivity index (χ3n) is 6.20. The molecular weight excluding hydrogens is 568 g/mol. The van der Waals surface area contributed by atoms with Crippen LogP contribution in [0.1, 0.15) is 29.5 Å². The number of rotatable bonds is 13.